The normalized spacial score (nSPS) is 38.5. The molecule has 1 heterocycles. The van der Waals surface area contributed by atoms with Crippen molar-refractivity contribution in [2.45, 2.75) is 64.6 Å². The molecule has 5 rings (SSSR count). The number of amides is 2. The average Bonchev–Trinajstić information content (AvgIpc) is 3.14. The Morgan fingerprint density at radius 3 is 2.57 bits per heavy atom. The molecule has 190 valence electrons. The zero-order valence-electron chi connectivity index (χ0n) is 20.3. The largest absolute Gasteiger partial charge is 0.417 e. The Morgan fingerprint density at radius 2 is 1.86 bits per heavy atom. The molecule has 4 nitrogen and oxygen atoms in total. The van der Waals surface area contributed by atoms with Gasteiger partial charge in [0.25, 0.3) is 0 Å². The standard InChI is InChI=1S/C27H32ClF3N2O2/c1-25-12-10-18-16(5-9-22-26(18,2)13-11-23(34)33(22)3)17(25)6-7-19(25)24(35)32-15-4-8-21(28)20(14-15)27(29,30)31/h4,8,11,13-14,16-19,22H,5-7,9-10,12H2,1-3H3,(H,32,35)/t16-,17-,18+,19?,22?,25-,26+/m0/s1. The summed E-state index contributed by atoms with van der Waals surface area (Å²) in [4.78, 5) is 27.5. The summed E-state index contributed by atoms with van der Waals surface area (Å²) in [6.07, 6.45) is 4.85. The summed E-state index contributed by atoms with van der Waals surface area (Å²) in [6.45, 7) is 4.49. The lowest BCUT2D eigenvalue weighted by molar-refractivity contribution is -0.141. The van der Waals surface area contributed by atoms with Gasteiger partial charge in [0.1, 0.15) is 0 Å². The van der Waals surface area contributed by atoms with Crippen LogP contribution in [-0.2, 0) is 15.8 Å². The molecule has 3 fully saturated rings. The minimum Gasteiger partial charge on any atom is -0.338 e. The molecular formula is C27H32ClF3N2O2. The second-order valence-corrected chi connectivity index (χ2v) is 11.9. The number of nitrogens with zero attached hydrogens (tertiary/aromatic N) is 1. The summed E-state index contributed by atoms with van der Waals surface area (Å²) < 4.78 is 39.8. The van der Waals surface area contributed by atoms with Gasteiger partial charge in [0.15, 0.2) is 0 Å². The van der Waals surface area contributed by atoms with Crippen LogP contribution in [0, 0.1) is 34.5 Å². The van der Waals surface area contributed by atoms with Crippen molar-refractivity contribution in [2.24, 2.45) is 34.5 Å². The molecular weight excluding hydrogens is 477 g/mol. The van der Waals surface area contributed by atoms with Crippen molar-refractivity contribution in [3.05, 3.63) is 40.9 Å². The van der Waals surface area contributed by atoms with Crippen molar-refractivity contribution in [1.82, 2.24) is 4.90 Å². The van der Waals surface area contributed by atoms with Gasteiger partial charge >= 0.3 is 6.18 Å². The summed E-state index contributed by atoms with van der Waals surface area (Å²) in [5.74, 6) is 0.953. The average molecular weight is 509 g/mol. The number of likely N-dealkylation sites (N-methyl/N-ethyl adjacent to an activating group) is 1. The van der Waals surface area contributed by atoms with Crippen LogP contribution in [0.2, 0.25) is 5.02 Å². The number of nitrogens with one attached hydrogen (secondary N) is 1. The minimum absolute atomic E-state index is 0.0649. The third-order valence-electron chi connectivity index (χ3n) is 9.98. The van der Waals surface area contributed by atoms with Crippen LogP contribution in [-0.4, -0.2) is 29.8 Å². The van der Waals surface area contributed by atoms with Gasteiger partial charge < -0.3 is 10.2 Å². The van der Waals surface area contributed by atoms with Gasteiger partial charge in [-0.3, -0.25) is 9.59 Å². The van der Waals surface area contributed by atoms with Gasteiger partial charge in [0, 0.05) is 30.1 Å². The number of fused-ring (bicyclic) bond motifs is 5. The summed E-state index contributed by atoms with van der Waals surface area (Å²) in [6, 6.07) is 3.74. The van der Waals surface area contributed by atoms with Crippen LogP contribution in [0.15, 0.2) is 30.4 Å². The molecule has 0 saturated heterocycles. The molecule has 0 radical (unpaired) electrons. The van der Waals surface area contributed by atoms with E-state index in [9.17, 15) is 22.8 Å². The smallest absolute Gasteiger partial charge is 0.338 e. The van der Waals surface area contributed by atoms with Crippen LogP contribution in [0.25, 0.3) is 0 Å². The molecule has 4 aliphatic rings. The van der Waals surface area contributed by atoms with Crippen LogP contribution < -0.4 is 5.32 Å². The summed E-state index contributed by atoms with van der Waals surface area (Å²) >= 11 is 5.74. The molecule has 2 amide bonds. The van der Waals surface area contributed by atoms with Gasteiger partial charge in [-0.15, -0.1) is 0 Å². The Labute approximate surface area is 209 Å². The Balaban J connectivity index is 1.36. The van der Waals surface area contributed by atoms with E-state index < -0.39 is 11.7 Å². The molecule has 1 aromatic rings. The molecule has 3 aliphatic carbocycles. The molecule has 8 heteroatoms. The summed E-state index contributed by atoms with van der Waals surface area (Å²) in [7, 11) is 1.90. The van der Waals surface area contributed by atoms with E-state index in [1.165, 1.54) is 12.1 Å². The van der Waals surface area contributed by atoms with Crippen molar-refractivity contribution in [3.8, 4) is 0 Å². The van der Waals surface area contributed by atoms with E-state index in [1.807, 2.05) is 11.9 Å². The number of hydrogen-bond donors (Lipinski definition) is 1. The predicted octanol–water partition coefficient (Wildman–Crippen LogP) is 6.55. The SMILES string of the molecule is CN1C(=O)C=C[C@@]2(C)C1CC[C@@H]1[C@H]2CC[C@]2(C)C(C(=O)Nc3ccc(Cl)c(C(F)(F)F)c3)CC[C@@H]12. The van der Waals surface area contributed by atoms with Crippen molar-refractivity contribution < 1.29 is 22.8 Å². The number of rotatable bonds is 2. The third-order valence-corrected chi connectivity index (χ3v) is 10.3. The van der Waals surface area contributed by atoms with E-state index in [0.717, 1.165) is 44.6 Å². The van der Waals surface area contributed by atoms with E-state index in [0.29, 0.717) is 17.8 Å². The fourth-order valence-electron chi connectivity index (χ4n) is 8.22. The number of carbonyl (C=O) groups is 2. The number of benzene rings is 1. The van der Waals surface area contributed by atoms with E-state index in [2.05, 4.69) is 25.2 Å². The van der Waals surface area contributed by atoms with E-state index in [-0.39, 0.29) is 45.3 Å². The molecule has 1 aromatic carbocycles. The first-order chi connectivity index (χ1) is 16.4. The first-order valence-corrected chi connectivity index (χ1v) is 12.9. The Hall–Kier alpha value is -2.02. The highest BCUT2D eigenvalue weighted by molar-refractivity contribution is 6.31. The summed E-state index contributed by atoms with van der Waals surface area (Å²) in [5, 5.41) is 2.38. The van der Waals surface area contributed by atoms with Crippen LogP contribution >= 0.6 is 11.6 Å². The zero-order valence-corrected chi connectivity index (χ0v) is 21.0. The zero-order chi connectivity index (χ0) is 25.3. The number of hydrogen-bond acceptors (Lipinski definition) is 2. The fraction of sp³-hybridized carbons (Fsp3) is 0.630. The van der Waals surface area contributed by atoms with Crippen molar-refractivity contribution >= 4 is 29.1 Å². The highest BCUT2D eigenvalue weighted by Crippen LogP contribution is 2.65. The van der Waals surface area contributed by atoms with Gasteiger partial charge in [-0.25, -0.2) is 0 Å². The number of anilines is 1. The van der Waals surface area contributed by atoms with Gasteiger partial charge in [-0.05, 0) is 86.0 Å². The minimum atomic E-state index is -4.58. The highest BCUT2D eigenvalue weighted by atomic mass is 35.5. The monoisotopic (exact) mass is 508 g/mol. The Morgan fingerprint density at radius 1 is 1.11 bits per heavy atom. The van der Waals surface area contributed by atoms with E-state index in [1.54, 1.807) is 6.08 Å². The van der Waals surface area contributed by atoms with Gasteiger partial charge in [-0.2, -0.15) is 13.2 Å². The molecule has 0 spiro atoms. The van der Waals surface area contributed by atoms with Crippen LogP contribution in [0.5, 0.6) is 0 Å². The second kappa shape index (κ2) is 8.25. The van der Waals surface area contributed by atoms with Crippen LogP contribution in [0.4, 0.5) is 18.9 Å². The van der Waals surface area contributed by atoms with E-state index in [4.69, 9.17) is 11.6 Å². The molecule has 2 unspecified atom stereocenters. The van der Waals surface area contributed by atoms with Gasteiger partial charge in [0.05, 0.1) is 10.6 Å². The molecule has 35 heavy (non-hydrogen) atoms. The van der Waals surface area contributed by atoms with Gasteiger partial charge in [-0.1, -0.05) is 31.5 Å². The fourth-order valence-corrected chi connectivity index (χ4v) is 8.44. The highest BCUT2D eigenvalue weighted by Gasteiger charge is 2.61. The molecule has 3 saturated carbocycles. The summed E-state index contributed by atoms with van der Waals surface area (Å²) in [5.41, 5.74) is -1.07. The van der Waals surface area contributed by atoms with Crippen molar-refractivity contribution in [1.29, 1.82) is 0 Å². The number of halogens is 4. The lowest BCUT2D eigenvalue weighted by atomic mass is 9.47. The first-order valence-electron chi connectivity index (χ1n) is 12.5. The Kier molecular flexibility index (Phi) is 5.82. The maximum atomic E-state index is 13.4. The van der Waals surface area contributed by atoms with Crippen molar-refractivity contribution in [3.63, 3.8) is 0 Å². The third kappa shape index (κ3) is 3.80. The first kappa shape index (κ1) is 24.7. The topological polar surface area (TPSA) is 49.4 Å². The van der Waals surface area contributed by atoms with Crippen LogP contribution in [0.1, 0.15) is 57.9 Å². The second-order valence-electron chi connectivity index (χ2n) is 11.5. The van der Waals surface area contributed by atoms with Crippen LogP contribution in [0.3, 0.4) is 0 Å². The quantitative estimate of drug-likeness (QED) is 0.492. The molecule has 1 aliphatic heterocycles. The maximum Gasteiger partial charge on any atom is 0.417 e. The van der Waals surface area contributed by atoms with E-state index >= 15 is 0 Å². The molecule has 1 N–H and O–H groups in total. The maximum absolute atomic E-state index is 13.4. The van der Waals surface area contributed by atoms with Crippen molar-refractivity contribution in [2.75, 3.05) is 12.4 Å². The van der Waals surface area contributed by atoms with Gasteiger partial charge in [0.2, 0.25) is 11.8 Å². The number of alkyl halides is 3. The lowest BCUT2D eigenvalue weighted by Crippen LogP contribution is -2.59. The molecule has 0 bridgehead atoms. The Bertz CT molecular complexity index is 1090. The lowest BCUT2D eigenvalue weighted by Gasteiger charge is -2.60. The molecule has 7 atom stereocenters. The number of carbonyl (C=O) groups excluding carboxylic acids is 2. The molecule has 0 aromatic heterocycles. The predicted molar refractivity (Wildman–Crippen MR) is 129 cm³/mol.